The Labute approximate surface area is 203 Å². The predicted molar refractivity (Wildman–Crippen MR) is 131 cm³/mol. The van der Waals surface area contributed by atoms with Crippen molar-refractivity contribution in [3.05, 3.63) is 70.3 Å². The maximum absolute atomic E-state index is 13.9. The van der Waals surface area contributed by atoms with Gasteiger partial charge < -0.3 is 9.32 Å². The molecule has 0 bridgehead atoms. The number of likely N-dealkylation sites (tertiary alicyclic amines) is 1. The van der Waals surface area contributed by atoms with Gasteiger partial charge >= 0.3 is 0 Å². The van der Waals surface area contributed by atoms with E-state index < -0.39 is 0 Å². The van der Waals surface area contributed by atoms with Crippen LogP contribution in [0.15, 0.2) is 47.0 Å². The summed E-state index contributed by atoms with van der Waals surface area (Å²) in [5.41, 5.74) is 4.67. The van der Waals surface area contributed by atoms with Crippen LogP contribution in [0.25, 0.3) is 16.8 Å². The second-order valence-corrected chi connectivity index (χ2v) is 9.68. The molecular formula is C26H28ClN5O2. The minimum atomic E-state index is 0.0227. The predicted octanol–water partition coefficient (Wildman–Crippen LogP) is 5.55. The molecule has 1 fully saturated rings. The lowest BCUT2D eigenvalue weighted by Crippen LogP contribution is -2.48. The van der Waals surface area contributed by atoms with Crippen molar-refractivity contribution in [2.45, 2.75) is 52.5 Å². The van der Waals surface area contributed by atoms with Crippen molar-refractivity contribution >= 4 is 28.6 Å². The lowest BCUT2D eigenvalue weighted by atomic mass is 9.87. The molecular weight excluding hydrogens is 450 g/mol. The highest BCUT2D eigenvalue weighted by molar-refractivity contribution is 6.31. The molecule has 1 aliphatic rings. The van der Waals surface area contributed by atoms with Crippen LogP contribution in [0, 0.1) is 19.8 Å². The monoisotopic (exact) mass is 477 g/mol. The fraction of sp³-hybridized carbons (Fsp3) is 0.385. The van der Waals surface area contributed by atoms with Gasteiger partial charge in [0, 0.05) is 30.1 Å². The van der Waals surface area contributed by atoms with E-state index in [4.69, 9.17) is 16.0 Å². The standard InChI is InChI=1S/C26H28ClN5O2/c1-16-6-9-23(32-28-15-18(3)30-32)20(13-16)26(33)31-12-4-5-17(2)22(31)10-11-25-29-21-8-7-19(27)14-24(21)34-25/h6-9,13-15,17,22H,4-5,10-12H2,1-3H3/t17-,22-/m1/s1. The summed E-state index contributed by atoms with van der Waals surface area (Å²) >= 11 is 6.08. The number of carbonyl (C=O) groups is 1. The topological polar surface area (TPSA) is 77.1 Å². The van der Waals surface area contributed by atoms with E-state index in [9.17, 15) is 4.79 Å². The number of amides is 1. The van der Waals surface area contributed by atoms with Crippen LogP contribution in [-0.4, -0.2) is 43.4 Å². The third-order valence-corrected chi connectivity index (χ3v) is 6.86. The number of hydrogen-bond donors (Lipinski definition) is 0. The molecule has 3 heterocycles. The molecule has 4 aromatic rings. The molecule has 34 heavy (non-hydrogen) atoms. The van der Waals surface area contributed by atoms with E-state index in [2.05, 4.69) is 22.1 Å². The maximum atomic E-state index is 13.9. The van der Waals surface area contributed by atoms with E-state index >= 15 is 0 Å². The average molecular weight is 478 g/mol. The van der Waals surface area contributed by atoms with Crippen LogP contribution in [0.2, 0.25) is 5.02 Å². The number of aryl methyl sites for hydroxylation is 3. The van der Waals surface area contributed by atoms with Gasteiger partial charge in [-0.25, -0.2) is 4.98 Å². The van der Waals surface area contributed by atoms with Crippen molar-refractivity contribution in [3.63, 3.8) is 0 Å². The van der Waals surface area contributed by atoms with E-state index in [-0.39, 0.29) is 11.9 Å². The SMILES string of the molecule is Cc1ccc(-n2ncc(C)n2)c(C(=O)N2CCC[C@@H](C)[C@H]2CCc2nc3ccc(Cl)cc3o2)c1. The highest BCUT2D eigenvalue weighted by Gasteiger charge is 2.33. The first-order valence-electron chi connectivity index (χ1n) is 11.7. The van der Waals surface area contributed by atoms with Crippen molar-refractivity contribution in [1.29, 1.82) is 0 Å². The lowest BCUT2D eigenvalue weighted by molar-refractivity contribution is 0.0495. The molecule has 2 atom stereocenters. The highest BCUT2D eigenvalue weighted by Crippen LogP contribution is 2.30. The first-order valence-corrected chi connectivity index (χ1v) is 12.1. The van der Waals surface area contributed by atoms with Crippen LogP contribution in [0.1, 0.15) is 53.7 Å². The van der Waals surface area contributed by atoms with E-state index in [0.29, 0.717) is 40.1 Å². The fourth-order valence-corrected chi connectivity index (χ4v) is 5.03. The minimum Gasteiger partial charge on any atom is -0.441 e. The number of benzene rings is 2. The molecule has 176 valence electrons. The summed E-state index contributed by atoms with van der Waals surface area (Å²) < 4.78 is 5.93. The van der Waals surface area contributed by atoms with Crippen LogP contribution in [0.5, 0.6) is 0 Å². The number of rotatable bonds is 5. The minimum absolute atomic E-state index is 0.0227. The summed E-state index contributed by atoms with van der Waals surface area (Å²) in [7, 11) is 0. The van der Waals surface area contributed by atoms with Crippen molar-refractivity contribution in [2.75, 3.05) is 6.54 Å². The zero-order valence-electron chi connectivity index (χ0n) is 19.7. The van der Waals surface area contributed by atoms with E-state index in [1.54, 1.807) is 17.1 Å². The van der Waals surface area contributed by atoms with E-state index in [0.717, 1.165) is 42.6 Å². The Morgan fingerprint density at radius 2 is 2.06 bits per heavy atom. The molecule has 1 aliphatic heterocycles. The third-order valence-electron chi connectivity index (χ3n) is 6.63. The number of halogens is 1. The molecule has 0 unspecified atom stereocenters. The Morgan fingerprint density at radius 3 is 2.85 bits per heavy atom. The van der Waals surface area contributed by atoms with E-state index in [1.165, 1.54) is 0 Å². The number of aromatic nitrogens is 4. The van der Waals surface area contributed by atoms with Gasteiger partial charge in [-0.2, -0.15) is 15.0 Å². The molecule has 7 nitrogen and oxygen atoms in total. The van der Waals surface area contributed by atoms with Crippen LogP contribution in [-0.2, 0) is 6.42 Å². The molecule has 2 aromatic carbocycles. The second kappa shape index (κ2) is 9.22. The molecule has 2 aromatic heterocycles. The summed E-state index contributed by atoms with van der Waals surface area (Å²) in [4.78, 5) is 22.1. The average Bonchev–Trinajstić information content (AvgIpc) is 3.43. The first kappa shape index (κ1) is 22.6. The number of fused-ring (bicyclic) bond motifs is 1. The summed E-state index contributed by atoms with van der Waals surface area (Å²) in [5.74, 6) is 1.08. The van der Waals surface area contributed by atoms with Gasteiger partial charge in [0.15, 0.2) is 11.5 Å². The molecule has 0 N–H and O–H groups in total. The number of piperidine rings is 1. The number of oxazole rings is 1. The van der Waals surface area contributed by atoms with Crippen molar-refractivity contribution in [2.24, 2.45) is 5.92 Å². The first-order chi connectivity index (χ1) is 16.4. The van der Waals surface area contributed by atoms with Gasteiger partial charge in [-0.1, -0.05) is 30.2 Å². The molecule has 1 saturated heterocycles. The number of nitrogens with zero attached hydrogens (tertiary/aromatic N) is 5. The van der Waals surface area contributed by atoms with Gasteiger partial charge in [-0.05, 0) is 63.3 Å². The fourth-order valence-electron chi connectivity index (χ4n) is 4.87. The molecule has 5 rings (SSSR count). The zero-order valence-corrected chi connectivity index (χ0v) is 20.4. The van der Waals surface area contributed by atoms with E-state index in [1.807, 2.05) is 49.1 Å². The zero-order chi connectivity index (χ0) is 23.8. The molecule has 0 spiro atoms. The van der Waals surface area contributed by atoms with Crippen LogP contribution in [0.4, 0.5) is 0 Å². The number of hydrogen-bond acceptors (Lipinski definition) is 5. The Hall–Kier alpha value is -3.19. The van der Waals surface area contributed by atoms with Gasteiger partial charge in [0.25, 0.3) is 5.91 Å². The van der Waals surface area contributed by atoms with Gasteiger partial charge in [-0.15, -0.1) is 0 Å². The smallest absolute Gasteiger partial charge is 0.256 e. The van der Waals surface area contributed by atoms with Crippen LogP contribution >= 0.6 is 11.6 Å². The van der Waals surface area contributed by atoms with Crippen LogP contribution in [0.3, 0.4) is 0 Å². The van der Waals surface area contributed by atoms with Gasteiger partial charge in [0.1, 0.15) is 5.52 Å². The van der Waals surface area contributed by atoms with Gasteiger partial charge in [0.05, 0.1) is 23.1 Å². The Bertz CT molecular complexity index is 1340. The molecule has 8 heteroatoms. The van der Waals surface area contributed by atoms with Gasteiger partial charge in [-0.3, -0.25) is 4.79 Å². The Morgan fingerprint density at radius 1 is 1.21 bits per heavy atom. The Kier molecular flexibility index (Phi) is 6.13. The largest absolute Gasteiger partial charge is 0.441 e. The van der Waals surface area contributed by atoms with Gasteiger partial charge in [0.2, 0.25) is 0 Å². The number of carbonyl (C=O) groups excluding carboxylic acids is 1. The van der Waals surface area contributed by atoms with Crippen LogP contribution < -0.4 is 0 Å². The molecule has 0 radical (unpaired) electrons. The molecule has 0 aliphatic carbocycles. The summed E-state index contributed by atoms with van der Waals surface area (Å²) in [6.07, 6.45) is 5.23. The lowest BCUT2D eigenvalue weighted by Gasteiger charge is -2.40. The summed E-state index contributed by atoms with van der Waals surface area (Å²) in [6.45, 7) is 6.85. The Balaban J connectivity index is 1.41. The molecule has 1 amide bonds. The third kappa shape index (κ3) is 4.44. The molecule has 0 saturated carbocycles. The normalized spacial score (nSPS) is 18.5. The summed E-state index contributed by atoms with van der Waals surface area (Å²) in [5, 5.41) is 9.41. The van der Waals surface area contributed by atoms with Crippen molar-refractivity contribution in [3.8, 4) is 5.69 Å². The van der Waals surface area contributed by atoms with Crippen molar-refractivity contribution in [1.82, 2.24) is 24.9 Å². The summed E-state index contributed by atoms with van der Waals surface area (Å²) in [6, 6.07) is 11.4. The maximum Gasteiger partial charge on any atom is 0.256 e. The van der Waals surface area contributed by atoms with Crippen molar-refractivity contribution < 1.29 is 9.21 Å². The second-order valence-electron chi connectivity index (χ2n) is 9.24. The highest BCUT2D eigenvalue weighted by atomic mass is 35.5. The quantitative estimate of drug-likeness (QED) is 0.376.